The molecule has 0 aliphatic carbocycles. The van der Waals surface area contributed by atoms with Crippen LogP contribution >= 0.6 is 0 Å². The normalized spacial score (nSPS) is 14.7. The van der Waals surface area contributed by atoms with E-state index in [1.807, 2.05) is 12.2 Å². The summed E-state index contributed by atoms with van der Waals surface area (Å²) in [5.41, 5.74) is 0. The summed E-state index contributed by atoms with van der Waals surface area (Å²) in [4.78, 5) is 0. The highest BCUT2D eigenvalue weighted by molar-refractivity contribution is 5.52. The monoisotopic (exact) mass is 121 g/mol. The Bertz CT molecular complexity index is 235. The summed E-state index contributed by atoms with van der Waals surface area (Å²) >= 11 is 0. The van der Waals surface area contributed by atoms with E-state index in [0.717, 1.165) is 11.5 Å². The Hall–Kier alpha value is -1.18. The third-order valence-electron chi connectivity index (χ3n) is 1.21. The lowest BCUT2D eigenvalue weighted by Crippen LogP contribution is -1.96. The van der Waals surface area contributed by atoms with E-state index >= 15 is 0 Å². The van der Waals surface area contributed by atoms with Crippen LogP contribution < -0.4 is 4.74 Å². The molecule has 1 aliphatic heterocycles. The predicted molar refractivity (Wildman–Crippen MR) is 32.1 cm³/mol. The molecule has 2 heteroatoms. The fourth-order valence-corrected chi connectivity index (χ4v) is 0.790. The lowest BCUT2D eigenvalue weighted by Gasteiger charge is -2.03. The molecule has 1 aliphatic rings. The SMILES string of the molecule is [c]1cc2c(o1)C=CCO2. The van der Waals surface area contributed by atoms with Gasteiger partial charge < -0.3 is 9.15 Å². The van der Waals surface area contributed by atoms with Gasteiger partial charge in [0.25, 0.3) is 0 Å². The number of furan rings is 1. The molecule has 0 bridgehead atoms. The second-order valence-electron chi connectivity index (χ2n) is 1.81. The van der Waals surface area contributed by atoms with Crippen molar-refractivity contribution < 1.29 is 9.15 Å². The van der Waals surface area contributed by atoms with Gasteiger partial charge in [-0.25, -0.2) is 0 Å². The highest BCUT2D eigenvalue weighted by Gasteiger charge is 2.06. The minimum absolute atomic E-state index is 0.639. The van der Waals surface area contributed by atoms with Crippen molar-refractivity contribution in [1.82, 2.24) is 0 Å². The maximum Gasteiger partial charge on any atom is 0.174 e. The molecule has 0 fully saturated rings. The minimum atomic E-state index is 0.639. The van der Waals surface area contributed by atoms with Crippen molar-refractivity contribution in [2.75, 3.05) is 6.61 Å². The minimum Gasteiger partial charge on any atom is -0.485 e. The van der Waals surface area contributed by atoms with Crippen LogP contribution in [0.1, 0.15) is 5.76 Å². The fourth-order valence-electron chi connectivity index (χ4n) is 0.790. The second kappa shape index (κ2) is 1.65. The second-order valence-corrected chi connectivity index (χ2v) is 1.81. The van der Waals surface area contributed by atoms with Crippen molar-refractivity contribution in [1.29, 1.82) is 0 Å². The first kappa shape index (κ1) is 4.68. The zero-order valence-electron chi connectivity index (χ0n) is 4.76. The molecule has 2 heterocycles. The quantitative estimate of drug-likeness (QED) is 0.518. The van der Waals surface area contributed by atoms with E-state index in [0.29, 0.717) is 6.61 Å². The molecule has 0 atom stereocenters. The molecule has 0 amide bonds. The maximum absolute atomic E-state index is 5.15. The Morgan fingerprint density at radius 1 is 1.56 bits per heavy atom. The molecule has 0 unspecified atom stereocenters. The Morgan fingerprint density at radius 2 is 2.56 bits per heavy atom. The van der Waals surface area contributed by atoms with Crippen LogP contribution in [-0.4, -0.2) is 6.61 Å². The molecule has 0 saturated carbocycles. The predicted octanol–water partition coefficient (Wildman–Crippen LogP) is 1.49. The molecule has 1 aromatic rings. The summed E-state index contributed by atoms with van der Waals surface area (Å²) in [7, 11) is 0. The van der Waals surface area contributed by atoms with Gasteiger partial charge in [0, 0.05) is 6.07 Å². The zero-order valence-corrected chi connectivity index (χ0v) is 4.76. The summed E-state index contributed by atoms with van der Waals surface area (Å²) in [5.74, 6) is 1.55. The molecule has 1 aromatic heterocycles. The first-order chi connectivity index (χ1) is 4.47. The standard InChI is InChI=1S/C7H5O2/c1-2-6-7(8-4-1)3-5-9-6/h1-3H,4H2. The van der Waals surface area contributed by atoms with Gasteiger partial charge >= 0.3 is 0 Å². The summed E-state index contributed by atoms with van der Waals surface area (Å²) in [5, 5.41) is 0. The van der Waals surface area contributed by atoms with Crippen LogP contribution in [0, 0.1) is 6.26 Å². The Kier molecular flexibility index (Phi) is 0.859. The highest BCUT2D eigenvalue weighted by Crippen LogP contribution is 2.23. The van der Waals surface area contributed by atoms with E-state index < -0.39 is 0 Å². The summed E-state index contributed by atoms with van der Waals surface area (Å²) in [6.45, 7) is 0.639. The van der Waals surface area contributed by atoms with Crippen molar-refractivity contribution in [2.24, 2.45) is 0 Å². The molecule has 0 saturated heterocycles. The molecule has 1 radical (unpaired) electrons. The number of ether oxygens (including phenoxy) is 1. The lowest BCUT2D eigenvalue weighted by atomic mass is 10.3. The van der Waals surface area contributed by atoms with Crippen molar-refractivity contribution in [2.45, 2.75) is 0 Å². The first-order valence-electron chi connectivity index (χ1n) is 2.76. The Balaban J connectivity index is 2.53. The summed E-state index contributed by atoms with van der Waals surface area (Å²) in [6.07, 6.45) is 6.38. The first-order valence-corrected chi connectivity index (χ1v) is 2.76. The van der Waals surface area contributed by atoms with Crippen molar-refractivity contribution in [3.63, 3.8) is 0 Å². The summed E-state index contributed by atoms with van der Waals surface area (Å²) in [6, 6.07) is 1.69. The van der Waals surface area contributed by atoms with E-state index in [-0.39, 0.29) is 0 Å². The molecule has 9 heavy (non-hydrogen) atoms. The van der Waals surface area contributed by atoms with Crippen LogP contribution in [0.2, 0.25) is 0 Å². The lowest BCUT2D eigenvalue weighted by molar-refractivity contribution is 0.349. The van der Waals surface area contributed by atoms with E-state index in [4.69, 9.17) is 9.15 Å². The third-order valence-corrected chi connectivity index (χ3v) is 1.21. The van der Waals surface area contributed by atoms with Crippen molar-refractivity contribution >= 4 is 6.08 Å². The van der Waals surface area contributed by atoms with Gasteiger partial charge in [0.05, 0.1) is 0 Å². The van der Waals surface area contributed by atoms with Crippen LogP contribution in [0.3, 0.4) is 0 Å². The maximum atomic E-state index is 5.15. The Morgan fingerprint density at radius 3 is 3.44 bits per heavy atom. The van der Waals surface area contributed by atoms with Crippen LogP contribution in [0.4, 0.5) is 0 Å². The van der Waals surface area contributed by atoms with Crippen LogP contribution in [0.25, 0.3) is 6.08 Å². The molecular formula is C7H5O2. The van der Waals surface area contributed by atoms with Gasteiger partial charge in [-0.1, -0.05) is 0 Å². The van der Waals surface area contributed by atoms with Crippen LogP contribution in [0.5, 0.6) is 5.75 Å². The smallest absolute Gasteiger partial charge is 0.174 e. The van der Waals surface area contributed by atoms with E-state index in [9.17, 15) is 0 Å². The van der Waals surface area contributed by atoms with Gasteiger partial charge in [-0.2, -0.15) is 0 Å². The molecule has 0 spiro atoms. The molecule has 2 rings (SSSR count). The third kappa shape index (κ3) is 0.633. The van der Waals surface area contributed by atoms with E-state index in [1.165, 1.54) is 0 Å². The number of hydrogen-bond donors (Lipinski definition) is 0. The van der Waals surface area contributed by atoms with E-state index in [1.54, 1.807) is 6.07 Å². The molecule has 0 N–H and O–H groups in total. The van der Waals surface area contributed by atoms with E-state index in [2.05, 4.69) is 6.26 Å². The van der Waals surface area contributed by atoms with Crippen LogP contribution in [-0.2, 0) is 0 Å². The number of rotatable bonds is 0. The van der Waals surface area contributed by atoms with Crippen molar-refractivity contribution in [3.8, 4) is 5.75 Å². The Labute approximate surface area is 52.7 Å². The van der Waals surface area contributed by atoms with Crippen LogP contribution in [0.15, 0.2) is 16.6 Å². The van der Waals surface area contributed by atoms with Gasteiger partial charge in [0.15, 0.2) is 17.8 Å². The molecule has 0 aromatic carbocycles. The topological polar surface area (TPSA) is 22.4 Å². The van der Waals surface area contributed by atoms with Gasteiger partial charge in [0.2, 0.25) is 0 Å². The molecule has 45 valence electrons. The highest BCUT2D eigenvalue weighted by atomic mass is 16.5. The van der Waals surface area contributed by atoms with Gasteiger partial charge in [0.1, 0.15) is 6.61 Å². The molecule has 2 nitrogen and oxygen atoms in total. The zero-order chi connectivity index (χ0) is 6.10. The number of hydrogen-bond acceptors (Lipinski definition) is 2. The largest absolute Gasteiger partial charge is 0.485 e. The van der Waals surface area contributed by atoms with Gasteiger partial charge in [-0.05, 0) is 12.2 Å². The number of fused-ring (bicyclic) bond motifs is 1. The average Bonchev–Trinajstić information content (AvgIpc) is 2.33. The average molecular weight is 121 g/mol. The molecular weight excluding hydrogens is 116 g/mol. The van der Waals surface area contributed by atoms with Crippen molar-refractivity contribution in [3.05, 3.63) is 24.2 Å². The van der Waals surface area contributed by atoms with Gasteiger partial charge in [-0.3, -0.25) is 0 Å². The summed E-state index contributed by atoms with van der Waals surface area (Å²) < 4.78 is 10.1. The van der Waals surface area contributed by atoms with Gasteiger partial charge in [-0.15, -0.1) is 0 Å². The fraction of sp³-hybridized carbons (Fsp3) is 0.143.